The van der Waals surface area contributed by atoms with Crippen LogP contribution in [0.25, 0.3) is 0 Å². The monoisotopic (exact) mass is 1070 g/mol. The average molecular weight is 1080 g/mol. The zero-order valence-corrected chi connectivity index (χ0v) is 50.1. The number of allylic oxidation sites excluding steroid dienone is 26. The summed E-state index contributed by atoms with van der Waals surface area (Å²) in [5, 5.41) is 0. The molecule has 0 N–H and O–H groups in total. The fourth-order valence-corrected chi connectivity index (χ4v) is 8.08. The minimum absolute atomic E-state index is 0.106. The molecule has 0 fully saturated rings. The quantitative estimate of drug-likeness (QED) is 0.0261. The van der Waals surface area contributed by atoms with Crippen molar-refractivity contribution in [2.24, 2.45) is 0 Å². The summed E-state index contributed by atoms with van der Waals surface area (Å²) in [6.45, 7) is 6.32. The lowest BCUT2D eigenvalue weighted by atomic mass is 10.1. The second kappa shape index (κ2) is 64.6. The lowest BCUT2D eigenvalue weighted by molar-refractivity contribution is -0.167. The molecule has 0 aromatic rings. The largest absolute Gasteiger partial charge is 0.462 e. The van der Waals surface area contributed by atoms with E-state index in [1.54, 1.807) is 0 Å². The third-order valence-corrected chi connectivity index (χ3v) is 12.7. The van der Waals surface area contributed by atoms with Crippen molar-refractivity contribution in [1.29, 1.82) is 0 Å². The summed E-state index contributed by atoms with van der Waals surface area (Å²) < 4.78 is 16.9. The van der Waals surface area contributed by atoms with E-state index in [-0.39, 0.29) is 31.1 Å². The fraction of sp³-hybridized carbons (Fsp3) is 0.597. The number of carbonyl (C=O) groups is 3. The zero-order chi connectivity index (χ0) is 56.4. The number of ether oxygens (including phenoxy) is 3. The van der Waals surface area contributed by atoms with Crippen molar-refractivity contribution in [2.75, 3.05) is 13.2 Å². The standard InChI is InChI=1S/C72H114O6/c1-4-7-10-13-16-19-22-25-28-30-32-34-35-36-37-39-40-42-44-47-50-53-56-59-62-65-71(74)77-68-69(67-76-70(73)64-61-58-55-52-49-46-27-24-21-18-15-12-9-6-3)78-72(75)66-63-60-57-54-51-48-45-43-41-38-33-31-29-26-23-20-17-14-11-8-5-2/h7-8,10-11,15-20,24-29,32-34,36-38,40,42,47,50,69H,4-6,9,12-14,21-23,30-31,35,39,41,43-46,48-49,51-68H2,1-3H3/b10-7-,11-8-,18-15-,19-16-,20-17-,27-24-,28-25-,29-26-,34-32-,37-36-,38-33-,42-40-,50-47-. The van der Waals surface area contributed by atoms with Crippen LogP contribution in [0.4, 0.5) is 0 Å². The summed E-state index contributed by atoms with van der Waals surface area (Å²) in [4.78, 5) is 38.3. The van der Waals surface area contributed by atoms with E-state index in [9.17, 15) is 14.4 Å². The van der Waals surface area contributed by atoms with Gasteiger partial charge in [-0.2, -0.15) is 0 Å². The molecular weight excluding hydrogens is 961 g/mol. The first-order valence-electron chi connectivity index (χ1n) is 31.5. The Labute approximate surface area is 480 Å². The van der Waals surface area contributed by atoms with Gasteiger partial charge in [0.2, 0.25) is 0 Å². The molecule has 78 heavy (non-hydrogen) atoms. The van der Waals surface area contributed by atoms with Crippen LogP contribution in [0.15, 0.2) is 158 Å². The van der Waals surface area contributed by atoms with Crippen molar-refractivity contribution in [3.63, 3.8) is 0 Å². The normalized spacial score (nSPS) is 13.2. The van der Waals surface area contributed by atoms with Crippen LogP contribution < -0.4 is 0 Å². The summed E-state index contributed by atoms with van der Waals surface area (Å²) in [6.07, 6.45) is 93.8. The van der Waals surface area contributed by atoms with E-state index in [0.717, 1.165) is 167 Å². The number of rotatable bonds is 55. The highest BCUT2D eigenvalue weighted by Gasteiger charge is 2.19. The molecule has 0 radical (unpaired) electrons. The molecule has 0 bridgehead atoms. The maximum Gasteiger partial charge on any atom is 0.306 e. The summed E-state index contributed by atoms with van der Waals surface area (Å²) in [7, 11) is 0. The van der Waals surface area contributed by atoms with Crippen molar-refractivity contribution < 1.29 is 28.6 Å². The first-order chi connectivity index (χ1) is 38.5. The SMILES string of the molecule is CC/C=C\C/C=C\C/C=C\C/C=C\C/C=C\C/C=C\C/C=C\CCCCCC(=O)OCC(COC(=O)CCCCCCC/C=C\C/C=C\CCCC)OC(=O)CCCCCCCCCC/C=C\C/C=C\C/C=C\C/C=C\CC. The van der Waals surface area contributed by atoms with E-state index in [2.05, 4.69) is 179 Å². The molecule has 438 valence electrons. The minimum atomic E-state index is -0.812. The summed E-state index contributed by atoms with van der Waals surface area (Å²) in [5.74, 6) is -0.964. The highest BCUT2D eigenvalue weighted by atomic mass is 16.6. The molecule has 0 amide bonds. The molecule has 0 aliphatic rings. The van der Waals surface area contributed by atoms with Crippen molar-refractivity contribution in [1.82, 2.24) is 0 Å². The van der Waals surface area contributed by atoms with Gasteiger partial charge >= 0.3 is 17.9 Å². The Bertz CT molecular complexity index is 1760. The molecule has 6 heteroatoms. The van der Waals surface area contributed by atoms with Gasteiger partial charge in [0.15, 0.2) is 6.10 Å². The molecule has 0 aliphatic carbocycles. The maximum atomic E-state index is 12.9. The van der Waals surface area contributed by atoms with E-state index in [1.807, 2.05) is 0 Å². The van der Waals surface area contributed by atoms with Crippen molar-refractivity contribution >= 4 is 17.9 Å². The molecule has 0 aliphatic heterocycles. The number of unbranched alkanes of at least 4 members (excludes halogenated alkanes) is 18. The fourth-order valence-electron chi connectivity index (χ4n) is 8.08. The molecule has 0 aromatic carbocycles. The van der Waals surface area contributed by atoms with Gasteiger partial charge in [-0.1, -0.05) is 256 Å². The topological polar surface area (TPSA) is 78.9 Å². The van der Waals surface area contributed by atoms with E-state index in [4.69, 9.17) is 14.2 Å². The Hall–Kier alpha value is -4.97. The Balaban J connectivity index is 4.49. The molecule has 6 nitrogen and oxygen atoms in total. The highest BCUT2D eigenvalue weighted by molar-refractivity contribution is 5.71. The first-order valence-corrected chi connectivity index (χ1v) is 31.5. The summed E-state index contributed by atoms with van der Waals surface area (Å²) in [5.41, 5.74) is 0. The molecule has 0 saturated carbocycles. The third kappa shape index (κ3) is 61.9. The van der Waals surface area contributed by atoms with Crippen LogP contribution in [0.2, 0.25) is 0 Å². The molecule has 0 heterocycles. The maximum absolute atomic E-state index is 12.9. The Morgan fingerprint density at radius 1 is 0.269 bits per heavy atom. The third-order valence-electron chi connectivity index (χ3n) is 12.7. The second-order valence-electron chi connectivity index (χ2n) is 20.2. The van der Waals surface area contributed by atoms with Gasteiger partial charge in [0, 0.05) is 19.3 Å². The van der Waals surface area contributed by atoms with Gasteiger partial charge in [-0.15, -0.1) is 0 Å². The predicted octanol–water partition coefficient (Wildman–Crippen LogP) is 21.7. The number of carbonyl (C=O) groups excluding carboxylic acids is 3. The first kappa shape index (κ1) is 73.0. The van der Waals surface area contributed by atoms with Gasteiger partial charge in [-0.3, -0.25) is 14.4 Å². The smallest absolute Gasteiger partial charge is 0.306 e. The predicted molar refractivity (Wildman–Crippen MR) is 338 cm³/mol. The van der Waals surface area contributed by atoms with Crippen LogP contribution in [-0.2, 0) is 28.6 Å². The van der Waals surface area contributed by atoms with E-state index in [1.165, 1.54) is 51.4 Å². The van der Waals surface area contributed by atoms with Gasteiger partial charge in [-0.05, 0) is 141 Å². The number of hydrogen-bond donors (Lipinski definition) is 0. The lowest BCUT2D eigenvalue weighted by Gasteiger charge is -2.18. The van der Waals surface area contributed by atoms with Crippen LogP contribution in [-0.4, -0.2) is 37.2 Å². The van der Waals surface area contributed by atoms with Crippen LogP contribution in [0, 0.1) is 0 Å². The van der Waals surface area contributed by atoms with Crippen molar-refractivity contribution in [3.05, 3.63) is 158 Å². The lowest BCUT2D eigenvalue weighted by Crippen LogP contribution is -2.30. The molecule has 0 saturated heterocycles. The molecule has 0 spiro atoms. The molecule has 1 atom stereocenters. The van der Waals surface area contributed by atoms with Gasteiger partial charge in [0.1, 0.15) is 13.2 Å². The molecule has 0 rings (SSSR count). The molecular formula is C72H114O6. The Morgan fingerprint density at radius 2 is 0.500 bits per heavy atom. The van der Waals surface area contributed by atoms with Crippen LogP contribution in [0.5, 0.6) is 0 Å². The second-order valence-corrected chi connectivity index (χ2v) is 20.2. The van der Waals surface area contributed by atoms with Gasteiger partial charge in [0.05, 0.1) is 0 Å². The Morgan fingerprint density at radius 3 is 0.795 bits per heavy atom. The number of esters is 3. The zero-order valence-electron chi connectivity index (χ0n) is 50.1. The molecule has 0 aromatic heterocycles. The minimum Gasteiger partial charge on any atom is -0.462 e. The summed E-state index contributed by atoms with van der Waals surface area (Å²) in [6, 6.07) is 0. The van der Waals surface area contributed by atoms with Crippen molar-refractivity contribution in [2.45, 2.75) is 264 Å². The van der Waals surface area contributed by atoms with Gasteiger partial charge < -0.3 is 14.2 Å². The van der Waals surface area contributed by atoms with E-state index in [0.29, 0.717) is 19.3 Å². The Kier molecular flexibility index (Phi) is 60.4. The van der Waals surface area contributed by atoms with Gasteiger partial charge in [-0.25, -0.2) is 0 Å². The van der Waals surface area contributed by atoms with Crippen molar-refractivity contribution in [3.8, 4) is 0 Å². The summed E-state index contributed by atoms with van der Waals surface area (Å²) >= 11 is 0. The number of hydrogen-bond acceptors (Lipinski definition) is 6. The van der Waals surface area contributed by atoms with E-state index < -0.39 is 6.10 Å². The van der Waals surface area contributed by atoms with Crippen LogP contribution in [0.3, 0.4) is 0 Å². The van der Waals surface area contributed by atoms with Crippen LogP contribution >= 0.6 is 0 Å². The average Bonchev–Trinajstić information content (AvgIpc) is 3.44. The van der Waals surface area contributed by atoms with Crippen LogP contribution in [0.1, 0.15) is 258 Å². The van der Waals surface area contributed by atoms with Gasteiger partial charge in [0.25, 0.3) is 0 Å². The van der Waals surface area contributed by atoms with E-state index >= 15 is 0 Å². The molecule has 1 unspecified atom stereocenters. The highest BCUT2D eigenvalue weighted by Crippen LogP contribution is 2.14.